The molecule has 0 aromatic rings. The minimum atomic E-state index is 0.233. The number of rotatable bonds is 7. The van der Waals surface area contributed by atoms with Crippen LogP contribution in [0.25, 0.3) is 0 Å². The molecular weight excluding hydrogens is 166 g/mol. The number of hydrogen-bond donors (Lipinski definition) is 1. The van der Waals surface area contributed by atoms with E-state index in [0.29, 0.717) is 12.5 Å². The van der Waals surface area contributed by atoms with Gasteiger partial charge in [-0.15, -0.1) is 0 Å². The first-order valence-corrected chi connectivity index (χ1v) is 5.08. The van der Waals surface area contributed by atoms with Crippen molar-refractivity contribution in [1.29, 1.82) is 0 Å². The molecule has 1 saturated carbocycles. The predicted octanol–water partition coefficient (Wildman–Crippen LogP) is 0.812. The van der Waals surface area contributed by atoms with E-state index in [9.17, 15) is 4.79 Å². The van der Waals surface area contributed by atoms with Gasteiger partial charge in [0.1, 0.15) is 5.78 Å². The van der Waals surface area contributed by atoms with E-state index in [1.54, 1.807) is 6.92 Å². The Balaban J connectivity index is 2.10. The zero-order chi connectivity index (χ0) is 9.68. The molecule has 1 fully saturated rings. The zero-order valence-electron chi connectivity index (χ0n) is 8.33. The molecule has 13 heavy (non-hydrogen) atoms. The van der Waals surface area contributed by atoms with Gasteiger partial charge in [-0.2, -0.15) is 0 Å². The average molecular weight is 185 g/mol. The first kappa shape index (κ1) is 10.7. The molecule has 3 heteroatoms. The molecule has 1 aliphatic rings. The summed E-state index contributed by atoms with van der Waals surface area (Å²) in [4.78, 5) is 13.0. The summed E-state index contributed by atoms with van der Waals surface area (Å²) in [6, 6.07) is 0.694. The molecule has 3 nitrogen and oxygen atoms in total. The van der Waals surface area contributed by atoms with E-state index in [0.717, 1.165) is 19.5 Å². The van der Waals surface area contributed by atoms with Gasteiger partial charge in [-0.25, -0.2) is 0 Å². The summed E-state index contributed by atoms with van der Waals surface area (Å²) in [7, 11) is 0. The van der Waals surface area contributed by atoms with Crippen molar-refractivity contribution in [3.05, 3.63) is 0 Å². The third-order valence-electron chi connectivity index (χ3n) is 2.42. The quantitative estimate of drug-likeness (QED) is 0.638. The summed E-state index contributed by atoms with van der Waals surface area (Å²) < 4.78 is 0. The van der Waals surface area contributed by atoms with Gasteiger partial charge >= 0.3 is 0 Å². The van der Waals surface area contributed by atoms with Crippen LogP contribution in [0.1, 0.15) is 32.6 Å². The van der Waals surface area contributed by atoms with Crippen molar-refractivity contribution in [2.24, 2.45) is 0 Å². The van der Waals surface area contributed by atoms with Crippen LogP contribution < -0.4 is 0 Å². The standard InChI is InChI=1S/C10H19NO2/c1-9(13)3-2-6-11(7-8-12)10-4-5-10/h10,12H,2-8H2,1H3. The van der Waals surface area contributed by atoms with Gasteiger partial charge in [0.2, 0.25) is 0 Å². The second-order valence-electron chi connectivity index (χ2n) is 3.80. The summed E-state index contributed by atoms with van der Waals surface area (Å²) in [5.74, 6) is 0.264. The molecule has 0 heterocycles. The number of Topliss-reactive ketones (excluding diaryl/α,β-unsaturated/α-hetero) is 1. The van der Waals surface area contributed by atoms with E-state index in [2.05, 4.69) is 4.90 Å². The first-order valence-electron chi connectivity index (χ1n) is 5.08. The lowest BCUT2D eigenvalue weighted by Gasteiger charge is -2.20. The van der Waals surface area contributed by atoms with Gasteiger partial charge in [-0.1, -0.05) is 0 Å². The number of hydrogen-bond acceptors (Lipinski definition) is 3. The van der Waals surface area contributed by atoms with E-state index >= 15 is 0 Å². The summed E-state index contributed by atoms with van der Waals surface area (Å²) >= 11 is 0. The van der Waals surface area contributed by atoms with Crippen LogP contribution >= 0.6 is 0 Å². The highest BCUT2D eigenvalue weighted by Crippen LogP contribution is 2.26. The summed E-state index contributed by atoms with van der Waals surface area (Å²) in [5, 5.41) is 8.81. The molecule has 0 saturated heterocycles. The molecular formula is C10H19NO2. The molecule has 0 radical (unpaired) electrons. The van der Waals surface area contributed by atoms with Gasteiger partial charge in [-0.05, 0) is 32.7 Å². The van der Waals surface area contributed by atoms with E-state index in [1.165, 1.54) is 12.8 Å². The molecule has 0 bridgehead atoms. The van der Waals surface area contributed by atoms with E-state index in [4.69, 9.17) is 5.11 Å². The fourth-order valence-corrected chi connectivity index (χ4v) is 1.58. The number of aliphatic hydroxyl groups is 1. The Morgan fingerprint density at radius 1 is 1.46 bits per heavy atom. The SMILES string of the molecule is CC(=O)CCCN(CCO)C1CC1. The maximum Gasteiger partial charge on any atom is 0.129 e. The number of nitrogens with zero attached hydrogens (tertiary/aromatic N) is 1. The molecule has 76 valence electrons. The van der Waals surface area contributed by atoms with Crippen molar-refractivity contribution in [3.8, 4) is 0 Å². The second-order valence-corrected chi connectivity index (χ2v) is 3.80. The molecule has 1 N–H and O–H groups in total. The van der Waals surface area contributed by atoms with Crippen molar-refractivity contribution in [3.63, 3.8) is 0 Å². The summed E-state index contributed by atoms with van der Waals surface area (Å²) in [5.41, 5.74) is 0. The molecule has 0 aromatic carbocycles. The molecule has 1 aliphatic carbocycles. The van der Waals surface area contributed by atoms with Crippen LogP contribution in [0.3, 0.4) is 0 Å². The molecule has 0 unspecified atom stereocenters. The highest BCUT2D eigenvalue weighted by Gasteiger charge is 2.27. The Hall–Kier alpha value is -0.410. The molecule has 0 aromatic heterocycles. The number of carbonyl (C=O) groups is 1. The van der Waals surface area contributed by atoms with E-state index in [1.807, 2.05) is 0 Å². The normalized spacial score (nSPS) is 16.5. The van der Waals surface area contributed by atoms with Crippen LogP contribution in [-0.4, -0.2) is 41.5 Å². The third-order valence-corrected chi connectivity index (χ3v) is 2.42. The number of ketones is 1. The molecule has 0 amide bonds. The monoisotopic (exact) mass is 185 g/mol. The van der Waals surface area contributed by atoms with Crippen molar-refractivity contribution in [2.75, 3.05) is 19.7 Å². The van der Waals surface area contributed by atoms with Crippen LogP contribution in [0.15, 0.2) is 0 Å². The van der Waals surface area contributed by atoms with Crippen molar-refractivity contribution in [1.82, 2.24) is 4.90 Å². The Bertz CT molecular complexity index is 166. The van der Waals surface area contributed by atoms with Gasteiger partial charge in [0, 0.05) is 19.0 Å². The highest BCUT2D eigenvalue weighted by molar-refractivity contribution is 5.75. The fourth-order valence-electron chi connectivity index (χ4n) is 1.58. The molecule has 0 aliphatic heterocycles. The maximum absolute atomic E-state index is 10.7. The third kappa shape index (κ3) is 4.39. The zero-order valence-corrected chi connectivity index (χ0v) is 8.33. The number of aliphatic hydroxyl groups excluding tert-OH is 1. The molecule has 0 spiro atoms. The van der Waals surface area contributed by atoms with Gasteiger partial charge in [0.05, 0.1) is 6.61 Å². The van der Waals surface area contributed by atoms with Crippen LogP contribution in [0.5, 0.6) is 0 Å². The minimum absolute atomic E-state index is 0.233. The number of carbonyl (C=O) groups excluding carboxylic acids is 1. The van der Waals surface area contributed by atoms with Crippen molar-refractivity contribution < 1.29 is 9.90 Å². The highest BCUT2D eigenvalue weighted by atomic mass is 16.3. The summed E-state index contributed by atoms with van der Waals surface area (Å²) in [6.07, 6.45) is 4.14. The largest absolute Gasteiger partial charge is 0.395 e. The topological polar surface area (TPSA) is 40.5 Å². The Morgan fingerprint density at radius 2 is 2.15 bits per heavy atom. The lowest BCUT2D eigenvalue weighted by molar-refractivity contribution is -0.117. The van der Waals surface area contributed by atoms with Gasteiger partial charge in [0.25, 0.3) is 0 Å². The molecule has 1 rings (SSSR count). The van der Waals surface area contributed by atoms with E-state index < -0.39 is 0 Å². The van der Waals surface area contributed by atoms with Crippen molar-refractivity contribution >= 4 is 5.78 Å². The molecule has 0 atom stereocenters. The van der Waals surface area contributed by atoms with Crippen LogP contribution in [-0.2, 0) is 4.79 Å². The smallest absolute Gasteiger partial charge is 0.129 e. The Kier molecular flexibility index (Phi) is 4.39. The van der Waals surface area contributed by atoms with Crippen molar-refractivity contribution in [2.45, 2.75) is 38.6 Å². The fraction of sp³-hybridized carbons (Fsp3) is 0.900. The van der Waals surface area contributed by atoms with Gasteiger partial charge < -0.3 is 9.90 Å². The van der Waals surface area contributed by atoms with Gasteiger partial charge in [0.15, 0.2) is 0 Å². The van der Waals surface area contributed by atoms with Crippen LogP contribution in [0.2, 0.25) is 0 Å². The lowest BCUT2D eigenvalue weighted by atomic mass is 10.2. The lowest BCUT2D eigenvalue weighted by Crippen LogP contribution is -2.30. The predicted molar refractivity (Wildman–Crippen MR) is 51.6 cm³/mol. The second kappa shape index (κ2) is 5.35. The Morgan fingerprint density at radius 3 is 2.62 bits per heavy atom. The maximum atomic E-state index is 10.7. The Labute approximate surface area is 79.7 Å². The average Bonchev–Trinajstić information content (AvgIpc) is 2.84. The first-order chi connectivity index (χ1) is 6.24. The minimum Gasteiger partial charge on any atom is -0.395 e. The summed E-state index contributed by atoms with van der Waals surface area (Å²) in [6.45, 7) is 3.59. The van der Waals surface area contributed by atoms with Crippen LogP contribution in [0, 0.1) is 0 Å². The van der Waals surface area contributed by atoms with E-state index in [-0.39, 0.29) is 12.4 Å². The van der Waals surface area contributed by atoms with Gasteiger partial charge in [-0.3, -0.25) is 4.90 Å². The van der Waals surface area contributed by atoms with Crippen LogP contribution in [0.4, 0.5) is 0 Å².